The highest BCUT2D eigenvalue weighted by Crippen LogP contribution is 2.34. The number of aromatic nitrogens is 1. The van der Waals surface area contributed by atoms with Crippen molar-refractivity contribution in [3.05, 3.63) is 65.9 Å². The van der Waals surface area contributed by atoms with E-state index in [1.807, 2.05) is 58.9 Å². The van der Waals surface area contributed by atoms with Crippen molar-refractivity contribution in [3.8, 4) is 5.75 Å². The Balaban J connectivity index is 1.33. The molecule has 0 bridgehead atoms. The zero-order valence-corrected chi connectivity index (χ0v) is 24.5. The number of likely N-dealkylation sites (tertiary alicyclic amines) is 1. The van der Waals surface area contributed by atoms with Gasteiger partial charge in [-0.3, -0.25) is 9.59 Å². The molecule has 0 saturated carbocycles. The Bertz CT molecular complexity index is 1330. The molecule has 5 rings (SSSR count). The number of hydrogen-bond acceptors (Lipinski definition) is 4. The lowest BCUT2D eigenvalue weighted by Gasteiger charge is -2.44. The van der Waals surface area contributed by atoms with Gasteiger partial charge in [0, 0.05) is 37.6 Å². The number of nitrogens with zero attached hydrogens (tertiary/aromatic N) is 3. The van der Waals surface area contributed by atoms with Crippen molar-refractivity contribution in [2.75, 3.05) is 39.8 Å². The highest BCUT2D eigenvalue weighted by molar-refractivity contribution is 6.03. The first kappa shape index (κ1) is 28.2. The van der Waals surface area contributed by atoms with Gasteiger partial charge in [0.2, 0.25) is 5.91 Å². The van der Waals surface area contributed by atoms with Gasteiger partial charge < -0.3 is 24.4 Å². The van der Waals surface area contributed by atoms with E-state index in [1.165, 1.54) is 12.0 Å². The molecule has 3 aromatic rings. The maximum atomic E-state index is 14.0. The van der Waals surface area contributed by atoms with E-state index in [2.05, 4.69) is 36.2 Å². The summed E-state index contributed by atoms with van der Waals surface area (Å²) in [5.74, 6) is 2.00. The molecule has 1 fully saturated rings. The van der Waals surface area contributed by atoms with Gasteiger partial charge in [0.05, 0.1) is 19.2 Å². The van der Waals surface area contributed by atoms with Crippen molar-refractivity contribution in [1.29, 1.82) is 0 Å². The molecule has 0 unspecified atom stereocenters. The number of amides is 2. The molecule has 40 heavy (non-hydrogen) atoms. The minimum Gasteiger partial charge on any atom is -0.497 e. The number of fused-ring (bicyclic) bond motifs is 3. The van der Waals surface area contributed by atoms with Crippen molar-refractivity contribution in [2.45, 2.75) is 58.5 Å². The Hall–Kier alpha value is -3.32. The van der Waals surface area contributed by atoms with Crippen LogP contribution in [0.4, 0.5) is 0 Å². The molecule has 1 N–H and O–H groups in total. The highest BCUT2D eigenvalue weighted by atomic mass is 16.5. The number of carbonyl (C=O) groups excluding carboxylic acids is 2. The third kappa shape index (κ3) is 5.90. The second-order valence-corrected chi connectivity index (χ2v) is 12.2. The van der Waals surface area contributed by atoms with Crippen LogP contribution in [-0.2, 0) is 17.8 Å². The van der Waals surface area contributed by atoms with Crippen LogP contribution in [0, 0.1) is 11.8 Å². The first-order chi connectivity index (χ1) is 19.3. The average molecular weight is 545 g/mol. The molecule has 0 radical (unpaired) electrons. The summed E-state index contributed by atoms with van der Waals surface area (Å²) in [5.41, 5.74) is 1.78. The van der Waals surface area contributed by atoms with E-state index >= 15 is 0 Å². The third-order valence-corrected chi connectivity index (χ3v) is 8.70. The van der Waals surface area contributed by atoms with Crippen molar-refractivity contribution < 1.29 is 14.3 Å². The van der Waals surface area contributed by atoms with Crippen LogP contribution in [0.1, 0.15) is 56.1 Å². The monoisotopic (exact) mass is 544 g/mol. The number of methoxy groups -OCH3 is 1. The van der Waals surface area contributed by atoms with E-state index in [-0.39, 0.29) is 11.8 Å². The van der Waals surface area contributed by atoms with Crippen molar-refractivity contribution in [1.82, 2.24) is 19.7 Å². The third-order valence-electron chi connectivity index (χ3n) is 8.70. The molecule has 0 spiro atoms. The summed E-state index contributed by atoms with van der Waals surface area (Å²) in [6.45, 7) is 11.4. The summed E-state index contributed by atoms with van der Waals surface area (Å²) in [7, 11) is 1.64. The molecule has 1 aromatic heterocycles. The number of ether oxygens (including phenoxy) is 1. The number of hydrogen-bond donors (Lipinski definition) is 1. The van der Waals surface area contributed by atoms with Crippen molar-refractivity contribution >= 4 is 22.7 Å². The first-order valence-electron chi connectivity index (χ1n) is 14.8. The summed E-state index contributed by atoms with van der Waals surface area (Å²) in [6.07, 6.45) is 3.84. The lowest BCUT2D eigenvalue weighted by Crippen LogP contribution is -2.64. The average Bonchev–Trinajstić information content (AvgIpc) is 3.30. The quantitative estimate of drug-likeness (QED) is 0.366. The summed E-state index contributed by atoms with van der Waals surface area (Å²) in [4.78, 5) is 32.2. The Labute approximate surface area is 238 Å². The highest BCUT2D eigenvalue weighted by Gasteiger charge is 2.47. The Morgan fingerprint density at radius 2 is 1.77 bits per heavy atom. The second-order valence-electron chi connectivity index (χ2n) is 12.2. The van der Waals surface area contributed by atoms with Gasteiger partial charge in [0.25, 0.3) is 5.91 Å². The van der Waals surface area contributed by atoms with Crippen LogP contribution in [0.2, 0.25) is 0 Å². The predicted molar refractivity (Wildman–Crippen MR) is 160 cm³/mol. The van der Waals surface area contributed by atoms with Crippen LogP contribution in [0.5, 0.6) is 5.75 Å². The Kier molecular flexibility index (Phi) is 8.50. The van der Waals surface area contributed by atoms with E-state index in [0.29, 0.717) is 25.3 Å². The lowest BCUT2D eigenvalue weighted by atomic mass is 9.92. The molecule has 0 aliphatic carbocycles. The number of rotatable bonds is 10. The lowest BCUT2D eigenvalue weighted by molar-refractivity contribution is -0.132. The van der Waals surface area contributed by atoms with E-state index in [0.717, 1.165) is 67.4 Å². The van der Waals surface area contributed by atoms with Crippen LogP contribution >= 0.6 is 0 Å². The molecule has 2 aliphatic rings. The summed E-state index contributed by atoms with van der Waals surface area (Å²) < 4.78 is 7.47. The molecular formula is C33H44N4O3. The fraction of sp³-hybridized carbons (Fsp3) is 0.515. The largest absolute Gasteiger partial charge is 0.497 e. The molecule has 7 nitrogen and oxygen atoms in total. The normalized spacial score (nSPS) is 23.3. The van der Waals surface area contributed by atoms with E-state index in [9.17, 15) is 9.59 Å². The maximum Gasteiger partial charge on any atom is 0.271 e. The minimum atomic E-state index is -0.996. The number of carbonyl (C=O) groups is 2. The zero-order valence-electron chi connectivity index (χ0n) is 24.5. The van der Waals surface area contributed by atoms with Crippen LogP contribution in [0.15, 0.2) is 54.6 Å². The van der Waals surface area contributed by atoms with Gasteiger partial charge in [-0.1, -0.05) is 44.2 Å². The topological polar surface area (TPSA) is 66.8 Å². The van der Waals surface area contributed by atoms with Gasteiger partial charge in [-0.25, -0.2) is 0 Å². The van der Waals surface area contributed by atoms with E-state index < -0.39 is 5.54 Å². The van der Waals surface area contributed by atoms with Gasteiger partial charge in [-0.2, -0.15) is 0 Å². The molecule has 1 saturated heterocycles. The van der Waals surface area contributed by atoms with Crippen LogP contribution in [-0.4, -0.2) is 71.6 Å². The van der Waals surface area contributed by atoms with Crippen LogP contribution in [0.3, 0.4) is 0 Å². The maximum absolute atomic E-state index is 14.0. The zero-order chi connectivity index (χ0) is 28.3. The SMILES string of the molecule is COc1ccc2cc3n(c2c1)C[C@](C)(C(=O)NCCCN1C[C@@H](C)C[C@H](C)C1)N(CCCc1ccccc1)C3=O. The van der Waals surface area contributed by atoms with Crippen LogP contribution in [0.25, 0.3) is 10.9 Å². The molecular weight excluding hydrogens is 500 g/mol. The van der Waals surface area contributed by atoms with Gasteiger partial charge in [0.1, 0.15) is 17.0 Å². The fourth-order valence-corrected chi connectivity index (χ4v) is 6.76. The van der Waals surface area contributed by atoms with Crippen molar-refractivity contribution in [2.24, 2.45) is 11.8 Å². The summed E-state index contributed by atoms with van der Waals surface area (Å²) in [5, 5.41) is 4.18. The first-order valence-corrected chi connectivity index (χ1v) is 14.8. The number of piperidine rings is 1. The van der Waals surface area contributed by atoms with Gasteiger partial charge in [-0.15, -0.1) is 0 Å². The van der Waals surface area contributed by atoms with E-state index in [4.69, 9.17) is 4.74 Å². The molecule has 3 heterocycles. The van der Waals surface area contributed by atoms with E-state index in [1.54, 1.807) is 7.11 Å². The Morgan fingerprint density at radius 1 is 1.02 bits per heavy atom. The molecule has 214 valence electrons. The number of benzene rings is 2. The fourth-order valence-electron chi connectivity index (χ4n) is 6.76. The Morgan fingerprint density at radius 3 is 2.50 bits per heavy atom. The molecule has 2 amide bonds. The van der Waals surface area contributed by atoms with Gasteiger partial charge >= 0.3 is 0 Å². The number of nitrogens with one attached hydrogen (secondary N) is 1. The molecule has 2 aromatic carbocycles. The summed E-state index contributed by atoms with van der Waals surface area (Å²) >= 11 is 0. The molecule has 3 atom stereocenters. The van der Waals surface area contributed by atoms with Crippen molar-refractivity contribution in [3.63, 3.8) is 0 Å². The van der Waals surface area contributed by atoms with Gasteiger partial charge in [0.15, 0.2) is 0 Å². The van der Waals surface area contributed by atoms with Gasteiger partial charge in [-0.05, 0) is 74.8 Å². The standard InChI is InChI=1S/C33H44N4O3/c1-24-18-25(2)22-35(21-24)16-9-15-34-32(39)33(3)23-36-29-20-28(40-4)14-13-27(29)19-30(36)31(38)37(33)17-8-12-26-10-6-5-7-11-26/h5-7,10-11,13-14,19-20,24-25H,8-9,12,15-18,21-23H2,1-4H3,(H,34,39)/t24-,25-,33+/m0/s1. The second kappa shape index (κ2) is 12.0. The smallest absolute Gasteiger partial charge is 0.271 e. The molecule has 2 aliphatic heterocycles. The van der Waals surface area contributed by atoms with Crippen LogP contribution < -0.4 is 10.1 Å². The predicted octanol–water partition coefficient (Wildman–Crippen LogP) is 4.98. The number of aryl methyl sites for hydroxylation is 1. The molecule has 7 heteroatoms. The minimum absolute atomic E-state index is 0.0867. The summed E-state index contributed by atoms with van der Waals surface area (Å²) in [6, 6.07) is 18.1.